The summed E-state index contributed by atoms with van der Waals surface area (Å²) in [5.74, 6) is -1.21. The normalized spacial score (nSPS) is 22.4. The molecule has 0 saturated carbocycles. The maximum absolute atomic E-state index is 13.8. The molecule has 3 atom stereocenters. The van der Waals surface area contributed by atoms with Crippen LogP contribution >= 0.6 is 0 Å². The summed E-state index contributed by atoms with van der Waals surface area (Å²) < 4.78 is 0. The Balaban J connectivity index is 1.51. The lowest BCUT2D eigenvalue weighted by molar-refractivity contribution is -0.126. The van der Waals surface area contributed by atoms with E-state index in [1.54, 1.807) is 5.06 Å². The lowest BCUT2D eigenvalue weighted by Crippen LogP contribution is -2.37. The maximum Gasteiger partial charge on any atom is 0.266 e. The lowest BCUT2D eigenvalue weighted by atomic mass is 9.89. The molecule has 2 saturated heterocycles. The van der Waals surface area contributed by atoms with Crippen LogP contribution in [0.1, 0.15) is 22.9 Å². The first-order chi connectivity index (χ1) is 16.0. The number of hydrogen-bond donors (Lipinski definition) is 1. The van der Waals surface area contributed by atoms with Crippen molar-refractivity contribution in [3.8, 4) is 0 Å². The number of anilines is 2. The molecule has 0 spiro atoms. The number of hydroxylamine groups is 1. The van der Waals surface area contributed by atoms with E-state index in [1.165, 1.54) is 4.90 Å². The number of para-hydroxylation sites is 2. The number of hydrogen-bond acceptors (Lipinski definition) is 4. The van der Waals surface area contributed by atoms with Crippen LogP contribution in [0, 0.1) is 19.8 Å². The fourth-order valence-electron chi connectivity index (χ4n) is 5.13. The SMILES string of the molecule is Cc1ccc(N2C(=O)[C@H]3[C@@H](ON(c4ccccc4)[C@H]3c3c(C)[nH]c4ccccc34)C2=O)cc1. The molecule has 6 heteroatoms. The number of amides is 2. The number of aromatic nitrogens is 1. The van der Waals surface area contributed by atoms with E-state index in [0.29, 0.717) is 5.69 Å². The molecular weight excluding hydrogens is 414 g/mol. The topological polar surface area (TPSA) is 65.6 Å². The Labute approximate surface area is 191 Å². The minimum Gasteiger partial charge on any atom is -0.358 e. The standard InChI is InChI=1S/C27H23N3O3/c1-16-12-14-18(15-13-16)29-26(31)23-24(22-17(2)28-21-11-7-6-10-20(21)22)30(33-25(23)27(29)32)19-8-4-3-5-9-19/h3-15,23-25,28H,1-2H3/t23-,24+,25-/m1/s1. The number of fused-ring (bicyclic) bond motifs is 2. The Morgan fingerprint density at radius 3 is 2.24 bits per heavy atom. The van der Waals surface area contributed by atoms with Crippen molar-refractivity contribution in [2.75, 3.05) is 9.96 Å². The summed E-state index contributed by atoms with van der Waals surface area (Å²) in [4.78, 5) is 38.3. The van der Waals surface area contributed by atoms with Crippen LogP contribution in [0.25, 0.3) is 10.9 Å². The van der Waals surface area contributed by atoms with Gasteiger partial charge in [0, 0.05) is 22.2 Å². The van der Waals surface area contributed by atoms with Gasteiger partial charge in [-0.2, -0.15) is 0 Å². The molecule has 6 nitrogen and oxygen atoms in total. The minimum atomic E-state index is -0.878. The van der Waals surface area contributed by atoms with E-state index >= 15 is 0 Å². The number of nitrogens with one attached hydrogen (secondary N) is 1. The van der Waals surface area contributed by atoms with Crippen molar-refractivity contribution in [2.45, 2.75) is 26.0 Å². The van der Waals surface area contributed by atoms with Crippen molar-refractivity contribution < 1.29 is 14.4 Å². The summed E-state index contributed by atoms with van der Waals surface area (Å²) in [6.07, 6.45) is -0.878. The highest BCUT2D eigenvalue weighted by Gasteiger charge is 2.60. The summed E-state index contributed by atoms with van der Waals surface area (Å²) >= 11 is 0. The largest absolute Gasteiger partial charge is 0.358 e. The van der Waals surface area contributed by atoms with Gasteiger partial charge in [-0.3, -0.25) is 14.4 Å². The van der Waals surface area contributed by atoms with E-state index in [1.807, 2.05) is 92.7 Å². The molecule has 0 bridgehead atoms. The average Bonchev–Trinajstić information content (AvgIpc) is 3.44. The predicted molar refractivity (Wildman–Crippen MR) is 127 cm³/mol. The molecule has 6 rings (SSSR count). The second-order valence-corrected chi connectivity index (χ2v) is 8.71. The quantitative estimate of drug-likeness (QED) is 0.466. The number of benzene rings is 3. The summed E-state index contributed by atoms with van der Waals surface area (Å²) in [5, 5.41) is 2.78. The van der Waals surface area contributed by atoms with Crippen LogP contribution in [0.15, 0.2) is 78.9 Å². The zero-order valence-electron chi connectivity index (χ0n) is 18.4. The average molecular weight is 437 g/mol. The smallest absolute Gasteiger partial charge is 0.266 e. The third-order valence-electron chi connectivity index (χ3n) is 6.66. The Morgan fingerprint density at radius 1 is 0.788 bits per heavy atom. The number of rotatable bonds is 3. The molecule has 1 N–H and O–H groups in total. The molecule has 0 aliphatic carbocycles. The minimum absolute atomic E-state index is 0.234. The summed E-state index contributed by atoms with van der Waals surface area (Å²) in [6, 6.07) is 24.7. The van der Waals surface area contributed by atoms with E-state index in [2.05, 4.69) is 4.98 Å². The van der Waals surface area contributed by atoms with Gasteiger partial charge >= 0.3 is 0 Å². The van der Waals surface area contributed by atoms with Crippen molar-refractivity contribution in [1.82, 2.24) is 4.98 Å². The van der Waals surface area contributed by atoms with E-state index in [9.17, 15) is 9.59 Å². The molecule has 4 aromatic rings. The van der Waals surface area contributed by atoms with Crippen molar-refractivity contribution in [2.24, 2.45) is 5.92 Å². The molecule has 2 aliphatic rings. The molecule has 3 aromatic carbocycles. The number of carbonyl (C=O) groups excluding carboxylic acids is 2. The molecule has 2 amide bonds. The van der Waals surface area contributed by atoms with Crippen LogP contribution in [0.2, 0.25) is 0 Å². The number of aromatic amines is 1. The van der Waals surface area contributed by atoms with Crippen LogP contribution in [0.3, 0.4) is 0 Å². The van der Waals surface area contributed by atoms with Gasteiger partial charge in [0.05, 0.1) is 17.4 Å². The Kier molecular flexibility index (Phi) is 4.38. The number of carbonyl (C=O) groups is 2. The van der Waals surface area contributed by atoms with Gasteiger partial charge in [0.1, 0.15) is 5.92 Å². The summed E-state index contributed by atoms with van der Waals surface area (Å²) in [6.45, 7) is 3.98. The maximum atomic E-state index is 13.8. The van der Waals surface area contributed by atoms with Crippen LogP contribution in [-0.4, -0.2) is 22.9 Å². The lowest BCUT2D eigenvalue weighted by Gasteiger charge is -2.29. The van der Waals surface area contributed by atoms with Gasteiger partial charge in [-0.05, 0) is 44.2 Å². The van der Waals surface area contributed by atoms with Gasteiger partial charge < -0.3 is 4.98 Å². The molecule has 2 fully saturated rings. The molecule has 33 heavy (non-hydrogen) atoms. The van der Waals surface area contributed by atoms with Gasteiger partial charge in [0.25, 0.3) is 5.91 Å². The second-order valence-electron chi connectivity index (χ2n) is 8.71. The van der Waals surface area contributed by atoms with E-state index in [0.717, 1.165) is 33.4 Å². The monoisotopic (exact) mass is 437 g/mol. The van der Waals surface area contributed by atoms with Crippen molar-refractivity contribution in [3.05, 3.63) is 95.7 Å². The summed E-state index contributed by atoms with van der Waals surface area (Å²) in [7, 11) is 0. The molecule has 164 valence electrons. The van der Waals surface area contributed by atoms with Crippen molar-refractivity contribution in [3.63, 3.8) is 0 Å². The van der Waals surface area contributed by atoms with Crippen molar-refractivity contribution in [1.29, 1.82) is 0 Å². The first-order valence-corrected chi connectivity index (χ1v) is 11.1. The Bertz CT molecular complexity index is 1380. The van der Waals surface area contributed by atoms with E-state index in [4.69, 9.17) is 4.84 Å². The predicted octanol–water partition coefficient (Wildman–Crippen LogP) is 4.84. The number of H-pyrrole nitrogens is 1. The molecule has 0 radical (unpaired) electrons. The summed E-state index contributed by atoms with van der Waals surface area (Å²) in [5.41, 5.74) is 5.39. The number of aryl methyl sites for hydroxylation is 2. The van der Waals surface area contributed by atoms with Gasteiger partial charge in [-0.15, -0.1) is 0 Å². The van der Waals surface area contributed by atoms with Crippen molar-refractivity contribution >= 4 is 34.1 Å². The Morgan fingerprint density at radius 2 is 1.48 bits per heavy atom. The highest BCUT2D eigenvalue weighted by Crippen LogP contribution is 2.49. The van der Waals surface area contributed by atoms with E-state index < -0.39 is 18.1 Å². The molecular formula is C27H23N3O3. The Hall–Kier alpha value is -3.90. The van der Waals surface area contributed by atoms with Crippen LogP contribution < -0.4 is 9.96 Å². The highest BCUT2D eigenvalue weighted by molar-refractivity contribution is 6.24. The highest BCUT2D eigenvalue weighted by atomic mass is 16.7. The van der Waals surface area contributed by atoms with Gasteiger partial charge in [-0.1, -0.05) is 54.1 Å². The third kappa shape index (κ3) is 2.91. The number of imide groups is 1. The first-order valence-electron chi connectivity index (χ1n) is 11.1. The molecule has 0 unspecified atom stereocenters. The van der Waals surface area contributed by atoms with Crippen LogP contribution in [-0.2, 0) is 14.4 Å². The third-order valence-corrected chi connectivity index (χ3v) is 6.66. The molecule has 2 aliphatic heterocycles. The fraction of sp³-hybridized carbons (Fsp3) is 0.185. The first kappa shape index (κ1) is 19.8. The van der Waals surface area contributed by atoms with Crippen LogP contribution in [0.5, 0.6) is 0 Å². The van der Waals surface area contributed by atoms with E-state index in [-0.39, 0.29) is 11.8 Å². The second kappa shape index (κ2) is 7.32. The zero-order valence-corrected chi connectivity index (χ0v) is 18.4. The van der Waals surface area contributed by atoms with Gasteiger partial charge in [-0.25, -0.2) is 9.96 Å². The number of nitrogens with zero attached hydrogens (tertiary/aromatic N) is 2. The van der Waals surface area contributed by atoms with Crippen LogP contribution in [0.4, 0.5) is 11.4 Å². The zero-order chi connectivity index (χ0) is 22.7. The molecule has 1 aromatic heterocycles. The van der Waals surface area contributed by atoms with Gasteiger partial charge in [0.2, 0.25) is 5.91 Å². The fourth-order valence-corrected chi connectivity index (χ4v) is 5.13. The molecule has 3 heterocycles. The van der Waals surface area contributed by atoms with Gasteiger partial charge in [0.15, 0.2) is 6.10 Å².